The summed E-state index contributed by atoms with van der Waals surface area (Å²) in [6.45, 7) is 3.41. The van der Waals surface area contributed by atoms with Crippen molar-refractivity contribution in [2.24, 2.45) is 0 Å². The highest BCUT2D eigenvalue weighted by molar-refractivity contribution is 6.30. The van der Waals surface area contributed by atoms with Crippen LogP contribution in [0.4, 0.5) is 5.82 Å². The van der Waals surface area contributed by atoms with E-state index in [0.29, 0.717) is 21.8 Å². The van der Waals surface area contributed by atoms with Gasteiger partial charge in [-0.25, -0.2) is 9.67 Å². The first kappa shape index (κ1) is 17.9. The zero-order valence-electron chi connectivity index (χ0n) is 15.0. The summed E-state index contributed by atoms with van der Waals surface area (Å²) < 4.78 is 7.66. The van der Waals surface area contributed by atoms with E-state index >= 15 is 0 Å². The quantitative estimate of drug-likeness (QED) is 0.565. The number of aromatic nitrogens is 5. The number of carbonyl (C=O) groups excluding carboxylic acids is 1. The Labute approximate surface area is 163 Å². The fourth-order valence-electron chi connectivity index (χ4n) is 2.81. The second-order valence-electron chi connectivity index (χ2n) is 6.27. The van der Waals surface area contributed by atoms with Crippen LogP contribution in [0.2, 0.25) is 5.02 Å². The summed E-state index contributed by atoms with van der Waals surface area (Å²) in [4.78, 5) is 29.2. The number of hydrogen-bond donors (Lipinski definition) is 1. The number of halogens is 1. The molecule has 0 atom stereocenters. The molecule has 9 nitrogen and oxygen atoms in total. The zero-order valence-corrected chi connectivity index (χ0v) is 15.8. The van der Waals surface area contributed by atoms with Crippen LogP contribution in [0, 0.1) is 13.8 Å². The first-order valence-electron chi connectivity index (χ1n) is 8.35. The molecule has 142 valence electrons. The number of nitrogens with one attached hydrogen (secondary N) is 1. The third-order valence-corrected chi connectivity index (χ3v) is 4.40. The summed E-state index contributed by atoms with van der Waals surface area (Å²) in [5.74, 6) is 0.433. The molecular formula is C18H15ClN6O3. The standard InChI is InChI=1S/C18H15ClN6O3/c1-10-3-4-12(19)6-14(10)25-17-13(7-21-25)18(27)24(9-20-17)8-16(26)22-15-5-11(2)28-23-15/h3-7,9H,8H2,1-2H3,(H,22,23,26). The molecular weight excluding hydrogens is 384 g/mol. The highest BCUT2D eigenvalue weighted by Crippen LogP contribution is 2.21. The van der Waals surface area contributed by atoms with Crippen LogP contribution in [0.5, 0.6) is 0 Å². The summed E-state index contributed by atoms with van der Waals surface area (Å²) in [5, 5.41) is 11.4. The molecule has 0 unspecified atom stereocenters. The number of carbonyl (C=O) groups is 1. The Morgan fingerprint density at radius 1 is 1.29 bits per heavy atom. The van der Waals surface area contributed by atoms with E-state index in [4.69, 9.17) is 16.1 Å². The second-order valence-corrected chi connectivity index (χ2v) is 6.71. The lowest BCUT2D eigenvalue weighted by Crippen LogP contribution is -2.28. The third-order valence-electron chi connectivity index (χ3n) is 4.16. The maximum absolute atomic E-state index is 12.7. The van der Waals surface area contributed by atoms with Gasteiger partial charge in [-0.2, -0.15) is 5.10 Å². The van der Waals surface area contributed by atoms with Gasteiger partial charge in [-0.05, 0) is 31.5 Å². The van der Waals surface area contributed by atoms with Gasteiger partial charge in [0.15, 0.2) is 11.5 Å². The largest absolute Gasteiger partial charge is 0.360 e. The SMILES string of the molecule is Cc1cc(NC(=O)Cn2cnc3c(cnn3-c3cc(Cl)ccc3C)c2=O)no1. The Morgan fingerprint density at radius 3 is 2.86 bits per heavy atom. The van der Waals surface area contributed by atoms with E-state index in [1.165, 1.54) is 17.1 Å². The van der Waals surface area contributed by atoms with E-state index in [0.717, 1.165) is 11.3 Å². The van der Waals surface area contributed by atoms with Crippen LogP contribution >= 0.6 is 11.6 Å². The minimum atomic E-state index is -0.422. The van der Waals surface area contributed by atoms with Crippen molar-refractivity contribution in [2.45, 2.75) is 20.4 Å². The molecule has 0 saturated heterocycles. The minimum absolute atomic E-state index is 0.213. The van der Waals surface area contributed by atoms with Gasteiger partial charge in [0.1, 0.15) is 24.0 Å². The van der Waals surface area contributed by atoms with Crippen molar-refractivity contribution in [1.82, 2.24) is 24.5 Å². The summed E-state index contributed by atoms with van der Waals surface area (Å²) in [7, 11) is 0. The van der Waals surface area contributed by atoms with Crippen molar-refractivity contribution in [2.75, 3.05) is 5.32 Å². The maximum Gasteiger partial charge on any atom is 0.264 e. The highest BCUT2D eigenvalue weighted by Gasteiger charge is 2.15. The number of fused-ring (bicyclic) bond motifs is 1. The van der Waals surface area contributed by atoms with Crippen molar-refractivity contribution in [1.29, 1.82) is 0 Å². The number of amides is 1. The van der Waals surface area contributed by atoms with Crippen LogP contribution in [0.3, 0.4) is 0 Å². The van der Waals surface area contributed by atoms with E-state index < -0.39 is 5.91 Å². The molecule has 0 aliphatic carbocycles. The van der Waals surface area contributed by atoms with Crippen LogP contribution in [-0.2, 0) is 11.3 Å². The smallest absolute Gasteiger partial charge is 0.264 e. The lowest BCUT2D eigenvalue weighted by molar-refractivity contribution is -0.116. The van der Waals surface area contributed by atoms with Crippen LogP contribution in [-0.4, -0.2) is 30.4 Å². The number of nitrogens with zero attached hydrogens (tertiary/aromatic N) is 5. The van der Waals surface area contributed by atoms with Crippen molar-refractivity contribution in [3.8, 4) is 5.69 Å². The average Bonchev–Trinajstić information content (AvgIpc) is 3.26. The fraction of sp³-hybridized carbons (Fsp3) is 0.167. The van der Waals surface area contributed by atoms with E-state index in [9.17, 15) is 9.59 Å². The van der Waals surface area contributed by atoms with Gasteiger partial charge in [0.25, 0.3) is 5.56 Å². The lowest BCUT2D eigenvalue weighted by Gasteiger charge is -2.08. The average molecular weight is 399 g/mol. The fourth-order valence-corrected chi connectivity index (χ4v) is 2.98. The first-order valence-corrected chi connectivity index (χ1v) is 8.73. The van der Waals surface area contributed by atoms with Gasteiger partial charge in [-0.3, -0.25) is 14.2 Å². The Balaban J connectivity index is 1.66. The molecule has 0 spiro atoms. The Bertz CT molecular complexity index is 1260. The summed E-state index contributed by atoms with van der Waals surface area (Å²) in [6.07, 6.45) is 2.75. The van der Waals surface area contributed by atoms with Gasteiger partial charge in [-0.1, -0.05) is 22.8 Å². The molecule has 1 amide bonds. The number of hydrogen-bond acceptors (Lipinski definition) is 6. The van der Waals surface area contributed by atoms with Crippen LogP contribution in [0.15, 0.2) is 46.1 Å². The maximum atomic E-state index is 12.7. The first-order chi connectivity index (χ1) is 13.4. The highest BCUT2D eigenvalue weighted by atomic mass is 35.5. The van der Waals surface area contributed by atoms with Gasteiger partial charge < -0.3 is 9.84 Å². The molecule has 0 radical (unpaired) electrons. The van der Waals surface area contributed by atoms with Gasteiger partial charge in [-0.15, -0.1) is 0 Å². The molecule has 0 saturated carbocycles. The number of anilines is 1. The predicted octanol–water partition coefficient (Wildman–Crippen LogP) is 2.48. The van der Waals surface area contributed by atoms with Gasteiger partial charge in [0.05, 0.1) is 11.9 Å². The molecule has 3 aromatic heterocycles. The Morgan fingerprint density at radius 2 is 2.11 bits per heavy atom. The molecule has 0 aliphatic heterocycles. The molecule has 0 fully saturated rings. The zero-order chi connectivity index (χ0) is 19.8. The third kappa shape index (κ3) is 3.27. The second kappa shape index (κ2) is 6.93. The molecule has 10 heteroatoms. The van der Waals surface area contributed by atoms with E-state index in [2.05, 4.69) is 20.6 Å². The molecule has 0 bridgehead atoms. The number of rotatable bonds is 4. The van der Waals surface area contributed by atoms with Gasteiger partial charge in [0, 0.05) is 11.1 Å². The Hall–Kier alpha value is -3.46. The van der Waals surface area contributed by atoms with Gasteiger partial charge in [0.2, 0.25) is 5.91 Å². The van der Waals surface area contributed by atoms with Crippen LogP contribution < -0.4 is 10.9 Å². The topological polar surface area (TPSA) is 108 Å². The predicted molar refractivity (Wildman–Crippen MR) is 103 cm³/mol. The van der Waals surface area contributed by atoms with Gasteiger partial charge >= 0.3 is 0 Å². The summed E-state index contributed by atoms with van der Waals surface area (Å²) in [5.41, 5.74) is 1.68. The minimum Gasteiger partial charge on any atom is -0.360 e. The Kier molecular flexibility index (Phi) is 4.44. The molecule has 0 aliphatic rings. The molecule has 28 heavy (non-hydrogen) atoms. The molecule has 1 N–H and O–H groups in total. The van der Waals surface area contributed by atoms with Crippen molar-refractivity contribution in [3.05, 3.63) is 63.5 Å². The molecule has 1 aromatic carbocycles. The van der Waals surface area contributed by atoms with Crippen molar-refractivity contribution < 1.29 is 9.32 Å². The normalized spacial score (nSPS) is 11.1. The van der Waals surface area contributed by atoms with E-state index in [1.807, 2.05) is 13.0 Å². The number of benzene rings is 1. The van der Waals surface area contributed by atoms with E-state index in [-0.39, 0.29) is 17.9 Å². The monoisotopic (exact) mass is 398 g/mol. The summed E-state index contributed by atoms with van der Waals surface area (Å²) >= 11 is 6.08. The van der Waals surface area contributed by atoms with E-state index in [1.54, 1.807) is 29.8 Å². The molecule has 4 rings (SSSR count). The van der Waals surface area contributed by atoms with Crippen LogP contribution in [0.1, 0.15) is 11.3 Å². The molecule has 4 aromatic rings. The molecule has 3 heterocycles. The lowest BCUT2D eigenvalue weighted by atomic mass is 10.2. The summed E-state index contributed by atoms with van der Waals surface area (Å²) in [6, 6.07) is 6.98. The number of aryl methyl sites for hydroxylation is 2. The van der Waals surface area contributed by atoms with Crippen LogP contribution in [0.25, 0.3) is 16.7 Å². The van der Waals surface area contributed by atoms with Crippen molar-refractivity contribution >= 4 is 34.4 Å². The van der Waals surface area contributed by atoms with Crippen molar-refractivity contribution in [3.63, 3.8) is 0 Å².